The summed E-state index contributed by atoms with van der Waals surface area (Å²) in [5.41, 5.74) is -0.862. The average molecular weight is 250 g/mol. The Balaban J connectivity index is 2.52. The number of hydrogen-bond acceptors (Lipinski definition) is 3. The van der Waals surface area contributed by atoms with Gasteiger partial charge in [-0.2, -0.15) is 17.4 Å². The average Bonchev–Trinajstić information content (AvgIpc) is 2.41. The van der Waals surface area contributed by atoms with E-state index < -0.39 is 15.8 Å². The summed E-state index contributed by atoms with van der Waals surface area (Å²) < 4.78 is 26.6. The maximum Gasteiger partial charge on any atom is 0.279 e. The Labute approximate surface area is 98.0 Å². The molecule has 0 aromatic carbocycles. The van der Waals surface area contributed by atoms with Crippen LogP contribution in [0.4, 0.5) is 0 Å². The summed E-state index contributed by atoms with van der Waals surface area (Å²) in [6.45, 7) is 0.119. The highest BCUT2D eigenvalue weighted by Crippen LogP contribution is 2.26. The number of hydrogen-bond donors (Lipinski definition) is 2. The molecular weight excluding hydrogens is 228 g/mol. The first-order valence-electron chi connectivity index (χ1n) is 5.75. The molecule has 1 aliphatic carbocycles. The normalized spacial score (nSPS) is 22.0. The molecule has 0 atom stereocenters. The van der Waals surface area contributed by atoms with Crippen LogP contribution in [-0.4, -0.2) is 44.1 Å². The highest BCUT2D eigenvalue weighted by molar-refractivity contribution is 7.87. The lowest BCUT2D eigenvalue weighted by Crippen LogP contribution is -2.46. The molecule has 0 aromatic heterocycles. The van der Waals surface area contributed by atoms with Crippen molar-refractivity contribution in [2.45, 2.75) is 44.1 Å². The minimum atomic E-state index is -3.42. The predicted octanol–water partition coefficient (Wildman–Crippen LogP) is 0.468. The standard InChI is InChI=1S/C10H22N2O3S/c1-12(2)16(14,15)11-9-10(13)7-5-3-4-6-8-10/h11,13H,3-9H2,1-2H3. The van der Waals surface area contributed by atoms with E-state index >= 15 is 0 Å². The molecule has 0 heterocycles. The third-order valence-electron chi connectivity index (χ3n) is 3.10. The van der Waals surface area contributed by atoms with Crippen LogP contribution in [0.15, 0.2) is 0 Å². The molecule has 0 aromatic rings. The minimum absolute atomic E-state index is 0.119. The minimum Gasteiger partial charge on any atom is -0.389 e. The van der Waals surface area contributed by atoms with Gasteiger partial charge in [0.2, 0.25) is 0 Å². The van der Waals surface area contributed by atoms with Crippen LogP contribution in [0.1, 0.15) is 38.5 Å². The van der Waals surface area contributed by atoms with Crippen molar-refractivity contribution in [1.82, 2.24) is 9.03 Å². The van der Waals surface area contributed by atoms with Gasteiger partial charge in [0.25, 0.3) is 10.2 Å². The Kier molecular flexibility index (Phi) is 4.73. The number of nitrogens with one attached hydrogen (secondary N) is 1. The van der Waals surface area contributed by atoms with Gasteiger partial charge in [-0.15, -0.1) is 0 Å². The molecule has 0 saturated heterocycles. The van der Waals surface area contributed by atoms with Gasteiger partial charge >= 0.3 is 0 Å². The van der Waals surface area contributed by atoms with Crippen LogP contribution in [0.5, 0.6) is 0 Å². The van der Waals surface area contributed by atoms with Gasteiger partial charge < -0.3 is 5.11 Å². The molecule has 0 spiro atoms. The molecule has 0 aliphatic heterocycles. The van der Waals surface area contributed by atoms with Gasteiger partial charge in [-0.1, -0.05) is 25.7 Å². The SMILES string of the molecule is CN(C)S(=O)(=O)NCC1(O)CCCCCC1. The van der Waals surface area contributed by atoms with Crippen LogP contribution in [0.25, 0.3) is 0 Å². The molecule has 1 aliphatic rings. The summed E-state index contributed by atoms with van der Waals surface area (Å²) in [7, 11) is -0.481. The Morgan fingerprint density at radius 3 is 2.12 bits per heavy atom. The van der Waals surface area contributed by atoms with Gasteiger partial charge in [-0.25, -0.2) is 0 Å². The summed E-state index contributed by atoms with van der Waals surface area (Å²) in [5, 5.41) is 10.3. The largest absolute Gasteiger partial charge is 0.389 e. The lowest BCUT2D eigenvalue weighted by molar-refractivity contribution is 0.0300. The fourth-order valence-electron chi connectivity index (χ4n) is 1.92. The molecule has 16 heavy (non-hydrogen) atoms. The Bertz CT molecular complexity index is 306. The van der Waals surface area contributed by atoms with Crippen molar-refractivity contribution in [2.24, 2.45) is 0 Å². The van der Waals surface area contributed by atoms with Crippen molar-refractivity contribution in [3.05, 3.63) is 0 Å². The highest BCUT2D eigenvalue weighted by Gasteiger charge is 2.29. The predicted molar refractivity (Wildman–Crippen MR) is 63.3 cm³/mol. The van der Waals surface area contributed by atoms with Crippen molar-refractivity contribution >= 4 is 10.2 Å². The molecule has 0 unspecified atom stereocenters. The molecule has 1 rings (SSSR count). The van der Waals surface area contributed by atoms with Gasteiger partial charge in [0.1, 0.15) is 0 Å². The molecular formula is C10H22N2O3S. The van der Waals surface area contributed by atoms with Crippen LogP contribution >= 0.6 is 0 Å². The van der Waals surface area contributed by atoms with Crippen LogP contribution in [0, 0.1) is 0 Å². The molecule has 0 radical (unpaired) electrons. The molecule has 1 saturated carbocycles. The van der Waals surface area contributed by atoms with Gasteiger partial charge in [0.15, 0.2) is 0 Å². The van der Waals surface area contributed by atoms with Crippen LogP contribution < -0.4 is 4.72 Å². The number of rotatable bonds is 4. The quantitative estimate of drug-likeness (QED) is 0.713. The molecule has 5 nitrogen and oxygen atoms in total. The lowest BCUT2D eigenvalue weighted by atomic mass is 9.95. The smallest absolute Gasteiger partial charge is 0.279 e. The fraction of sp³-hybridized carbons (Fsp3) is 1.00. The van der Waals surface area contributed by atoms with E-state index in [0.29, 0.717) is 12.8 Å². The van der Waals surface area contributed by atoms with E-state index in [2.05, 4.69) is 4.72 Å². The monoisotopic (exact) mass is 250 g/mol. The van der Waals surface area contributed by atoms with Gasteiger partial charge in [-0.05, 0) is 12.8 Å². The van der Waals surface area contributed by atoms with Crippen LogP contribution in [0.2, 0.25) is 0 Å². The summed E-state index contributed by atoms with van der Waals surface area (Å²) in [6.07, 6.45) is 5.57. The van der Waals surface area contributed by atoms with Crippen molar-refractivity contribution in [3.63, 3.8) is 0 Å². The zero-order valence-corrected chi connectivity index (χ0v) is 10.9. The van der Waals surface area contributed by atoms with Crippen molar-refractivity contribution < 1.29 is 13.5 Å². The maximum absolute atomic E-state index is 11.5. The summed E-state index contributed by atoms with van der Waals surface area (Å²) in [6, 6.07) is 0. The van der Waals surface area contributed by atoms with Gasteiger partial charge in [0, 0.05) is 20.6 Å². The highest BCUT2D eigenvalue weighted by atomic mass is 32.2. The van der Waals surface area contributed by atoms with Crippen molar-refractivity contribution in [1.29, 1.82) is 0 Å². The molecule has 1 fully saturated rings. The first-order valence-corrected chi connectivity index (χ1v) is 7.19. The molecule has 0 amide bonds. The van der Waals surface area contributed by atoms with Gasteiger partial charge in [-0.3, -0.25) is 0 Å². The molecule has 6 heteroatoms. The Hall–Kier alpha value is -0.170. The van der Waals surface area contributed by atoms with E-state index in [4.69, 9.17) is 0 Å². The Morgan fingerprint density at radius 2 is 1.69 bits per heavy atom. The van der Waals surface area contributed by atoms with E-state index in [9.17, 15) is 13.5 Å². The second kappa shape index (κ2) is 5.44. The number of aliphatic hydroxyl groups is 1. The van der Waals surface area contributed by atoms with Crippen molar-refractivity contribution in [3.8, 4) is 0 Å². The summed E-state index contributed by atoms with van der Waals surface area (Å²) in [5.74, 6) is 0. The summed E-state index contributed by atoms with van der Waals surface area (Å²) in [4.78, 5) is 0. The van der Waals surface area contributed by atoms with Crippen LogP contribution in [0.3, 0.4) is 0 Å². The van der Waals surface area contributed by atoms with E-state index in [1.165, 1.54) is 14.1 Å². The topological polar surface area (TPSA) is 69.6 Å². The van der Waals surface area contributed by atoms with E-state index in [1.54, 1.807) is 0 Å². The maximum atomic E-state index is 11.5. The molecule has 0 bridgehead atoms. The second-order valence-corrected chi connectivity index (χ2v) is 6.72. The third-order valence-corrected chi connectivity index (χ3v) is 4.57. The van der Waals surface area contributed by atoms with E-state index in [0.717, 1.165) is 30.0 Å². The summed E-state index contributed by atoms with van der Waals surface area (Å²) >= 11 is 0. The fourth-order valence-corrected chi connectivity index (χ4v) is 2.63. The second-order valence-electron chi connectivity index (χ2n) is 4.75. The molecule has 2 N–H and O–H groups in total. The first-order chi connectivity index (χ1) is 7.36. The zero-order valence-electron chi connectivity index (χ0n) is 10.1. The Morgan fingerprint density at radius 1 is 1.19 bits per heavy atom. The first kappa shape index (κ1) is 13.9. The van der Waals surface area contributed by atoms with E-state index in [-0.39, 0.29) is 6.54 Å². The van der Waals surface area contributed by atoms with Gasteiger partial charge in [0.05, 0.1) is 5.60 Å². The molecule has 96 valence electrons. The number of nitrogens with zero attached hydrogens (tertiary/aromatic N) is 1. The lowest BCUT2D eigenvalue weighted by Gasteiger charge is -2.27. The van der Waals surface area contributed by atoms with Crippen molar-refractivity contribution in [2.75, 3.05) is 20.6 Å². The van der Waals surface area contributed by atoms with E-state index in [1.807, 2.05) is 0 Å². The van der Waals surface area contributed by atoms with Crippen LogP contribution in [-0.2, 0) is 10.2 Å². The zero-order chi connectivity index (χ0) is 12.2. The third kappa shape index (κ3) is 4.01.